The summed E-state index contributed by atoms with van der Waals surface area (Å²) in [6, 6.07) is 4.20. The summed E-state index contributed by atoms with van der Waals surface area (Å²) in [6.45, 7) is 1.49. The molecule has 6 heteroatoms. The van der Waals surface area contributed by atoms with Crippen LogP contribution in [0.2, 0.25) is 0 Å². The highest BCUT2D eigenvalue weighted by Crippen LogP contribution is 2.29. The van der Waals surface area contributed by atoms with Crippen LogP contribution in [-0.4, -0.2) is 17.9 Å². The molecule has 0 saturated heterocycles. The Morgan fingerprint density at radius 1 is 1.31 bits per heavy atom. The van der Waals surface area contributed by atoms with Crippen LogP contribution >= 0.6 is 11.8 Å². The van der Waals surface area contributed by atoms with Gasteiger partial charge < -0.3 is 4.74 Å². The molecule has 1 aromatic carbocycles. The Kier molecular flexibility index (Phi) is 4.46. The standard InChI is InChI=1S/C10H10F4OS/c1-7-2-3-8(6-9(7)11)15-4-5-16-10(12,13)14/h2-3,6H,4-5H2,1H3. The lowest BCUT2D eigenvalue weighted by Gasteiger charge is -2.08. The SMILES string of the molecule is Cc1ccc(OCCSC(F)(F)F)cc1F. The van der Waals surface area contributed by atoms with Gasteiger partial charge >= 0.3 is 5.51 Å². The number of hydrogen-bond donors (Lipinski definition) is 0. The Balaban J connectivity index is 2.35. The largest absolute Gasteiger partial charge is 0.493 e. The van der Waals surface area contributed by atoms with E-state index in [9.17, 15) is 17.6 Å². The second-order valence-electron chi connectivity index (χ2n) is 3.05. The van der Waals surface area contributed by atoms with Crippen molar-refractivity contribution in [3.05, 3.63) is 29.6 Å². The summed E-state index contributed by atoms with van der Waals surface area (Å²) >= 11 is -0.159. The van der Waals surface area contributed by atoms with Gasteiger partial charge in [0.05, 0.1) is 6.61 Å². The van der Waals surface area contributed by atoms with Gasteiger partial charge in [0.1, 0.15) is 11.6 Å². The number of alkyl halides is 3. The van der Waals surface area contributed by atoms with Gasteiger partial charge in [-0.1, -0.05) is 6.07 Å². The molecule has 0 saturated carbocycles. The maximum Gasteiger partial charge on any atom is 0.441 e. The monoisotopic (exact) mass is 254 g/mol. The van der Waals surface area contributed by atoms with Gasteiger partial charge in [0.2, 0.25) is 0 Å². The van der Waals surface area contributed by atoms with Gasteiger partial charge in [0.25, 0.3) is 0 Å². The van der Waals surface area contributed by atoms with Crippen LogP contribution in [0.5, 0.6) is 5.75 Å². The first-order chi connectivity index (χ1) is 7.38. The Morgan fingerprint density at radius 2 is 2.00 bits per heavy atom. The third kappa shape index (κ3) is 4.74. The minimum Gasteiger partial charge on any atom is -0.493 e. The van der Waals surface area contributed by atoms with Crippen LogP contribution < -0.4 is 4.74 Å². The molecule has 1 rings (SSSR count). The highest BCUT2D eigenvalue weighted by atomic mass is 32.2. The first-order valence-electron chi connectivity index (χ1n) is 4.48. The van der Waals surface area contributed by atoms with Crippen molar-refractivity contribution in [2.75, 3.05) is 12.4 Å². The molecule has 0 aliphatic carbocycles. The first-order valence-corrected chi connectivity index (χ1v) is 5.47. The van der Waals surface area contributed by atoms with Crippen LogP contribution in [0.25, 0.3) is 0 Å². The second-order valence-corrected chi connectivity index (χ2v) is 4.21. The summed E-state index contributed by atoms with van der Waals surface area (Å²) in [4.78, 5) is 0. The van der Waals surface area contributed by atoms with E-state index < -0.39 is 11.3 Å². The van der Waals surface area contributed by atoms with Crippen LogP contribution in [0, 0.1) is 12.7 Å². The molecule has 0 aromatic heterocycles. The molecule has 0 radical (unpaired) electrons. The summed E-state index contributed by atoms with van der Waals surface area (Å²) in [7, 11) is 0. The zero-order chi connectivity index (χ0) is 12.2. The average Bonchev–Trinajstić information content (AvgIpc) is 2.17. The summed E-state index contributed by atoms with van der Waals surface area (Å²) < 4.78 is 53.2. The van der Waals surface area contributed by atoms with Crippen molar-refractivity contribution in [1.29, 1.82) is 0 Å². The van der Waals surface area contributed by atoms with E-state index in [2.05, 4.69) is 0 Å². The zero-order valence-corrected chi connectivity index (χ0v) is 9.29. The number of rotatable bonds is 4. The molecule has 0 bridgehead atoms. The number of thioether (sulfide) groups is 1. The first kappa shape index (κ1) is 13.2. The van der Waals surface area contributed by atoms with Crippen molar-refractivity contribution in [2.24, 2.45) is 0 Å². The second kappa shape index (κ2) is 5.43. The van der Waals surface area contributed by atoms with Crippen molar-refractivity contribution >= 4 is 11.8 Å². The van der Waals surface area contributed by atoms with Gasteiger partial charge in [-0.25, -0.2) is 4.39 Å². The molecule has 0 N–H and O–H groups in total. The molecule has 1 nitrogen and oxygen atoms in total. The predicted molar refractivity (Wildman–Crippen MR) is 55.1 cm³/mol. The lowest BCUT2D eigenvalue weighted by Crippen LogP contribution is -2.07. The topological polar surface area (TPSA) is 9.23 Å². The van der Waals surface area contributed by atoms with Crippen molar-refractivity contribution in [2.45, 2.75) is 12.4 Å². The summed E-state index contributed by atoms with van der Waals surface area (Å²) in [5.74, 6) is -0.397. The molecule has 90 valence electrons. The van der Waals surface area contributed by atoms with E-state index in [0.717, 1.165) is 6.07 Å². The highest BCUT2D eigenvalue weighted by molar-refractivity contribution is 8.00. The van der Waals surface area contributed by atoms with Crippen molar-refractivity contribution in [1.82, 2.24) is 0 Å². The summed E-state index contributed by atoms with van der Waals surface area (Å²) in [5.41, 5.74) is -3.78. The molecule has 0 spiro atoms. The molecular weight excluding hydrogens is 244 g/mol. The molecular formula is C10H10F4OS. The maximum atomic E-state index is 13.0. The number of benzene rings is 1. The molecule has 0 heterocycles. The van der Waals surface area contributed by atoms with Gasteiger partial charge in [-0.05, 0) is 30.3 Å². The van der Waals surface area contributed by atoms with Crippen LogP contribution in [0.4, 0.5) is 17.6 Å². The van der Waals surface area contributed by atoms with E-state index in [-0.39, 0.29) is 29.9 Å². The highest BCUT2D eigenvalue weighted by Gasteiger charge is 2.27. The Morgan fingerprint density at radius 3 is 2.56 bits per heavy atom. The molecule has 0 aliphatic rings. The smallest absolute Gasteiger partial charge is 0.441 e. The average molecular weight is 254 g/mol. The molecule has 0 fully saturated rings. The number of halogens is 4. The quantitative estimate of drug-likeness (QED) is 0.597. The Bertz CT molecular complexity index is 351. The van der Waals surface area contributed by atoms with Crippen LogP contribution in [0.3, 0.4) is 0 Å². The third-order valence-electron chi connectivity index (χ3n) is 1.76. The van der Waals surface area contributed by atoms with Crippen LogP contribution in [0.1, 0.15) is 5.56 Å². The number of aryl methyl sites for hydroxylation is 1. The third-order valence-corrected chi connectivity index (χ3v) is 2.46. The maximum absolute atomic E-state index is 13.0. The minimum atomic E-state index is -4.25. The van der Waals surface area contributed by atoms with Crippen LogP contribution in [0.15, 0.2) is 18.2 Å². The lowest BCUT2D eigenvalue weighted by molar-refractivity contribution is -0.0329. The van der Waals surface area contributed by atoms with Crippen molar-refractivity contribution < 1.29 is 22.3 Å². The predicted octanol–water partition coefficient (Wildman–Crippen LogP) is 3.77. The Labute approximate surface area is 94.8 Å². The van der Waals surface area contributed by atoms with E-state index in [1.165, 1.54) is 12.1 Å². The van der Waals surface area contributed by atoms with Crippen LogP contribution in [-0.2, 0) is 0 Å². The summed E-state index contributed by atoms with van der Waals surface area (Å²) in [5, 5.41) is 0. The molecule has 1 aromatic rings. The Hall–Kier alpha value is -0.910. The van der Waals surface area contributed by atoms with Gasteiger partial charge in [0, 0.05) is 11.8 Å². The van der Waals surface area contributed by atoms with Gasteiger partial charge in [0.15, 0.2) is 0 Å². The minimum absolute atomic E-state index is 0.104. The number of hydrogen-bond acceptors (Lipinski definition) is 2. The molecule has 0 unspecified atom stereocenters. The van der Waals surface area contributed by atoms with E-state index in [4.69, 9.17) is 4.74 Å². The summed E-state index contributed by atoms with van der Waals surface area (Å²) in [6.07, 6.45) is 0. The molecule has 16 heavy (non-hydrogen) atoms. The van der Waals surface area contributed by atoms with E-state index >= 15 is 0 Å². The van der Waals surface area contributed by atoms with Gasteiger partial charge in [-0.3, -0.25) is 0 Å². The normalized spacial score (nSPS) is 11.6. The fraction of sp³-hybridized carbons (Fsp3) is 0.400. The zero-order valence-electron chi connectivity index (χ0n) is 8.47. The van der Waals surface area contributed by atoms with Crippen molar-refractivity contribution in [3.63, 3.8) is 0 Å². The van der Waals surface area contributed by atoms with Crippen molar-refractivity contribution in [3.8, 4) is 5.75 Å². The van der Waals surface area contributed by atoms with E-state index in [0.29, 0.717) is 5.56 Å². The number of ether oxygens (including phenoxy) is 1. The van der Waals surface area contributed by atoms with Gasteiger partial charge in [-0.15, -0.1) is 0 Å². The fourth-order valence-electron chi connectivity index (χ4n) is 0.980. The molecule has 0 atom stereocenters. The van der Waals surface area contributed by atoms with E-state index in [1.54, 1.807) is 6.92 Å². The lowest BCUT2D eigenvalue weighted by atomic mass is 10.2. The molecule has 0 aliphatic heterocycles. The fourth-order valence-corrected chi connectivity index (χ4v) is 1.38. The molecule has 0 amide bonds. The van der Waals surface area contributed by atoms with Gasteiger partial charge in [-0.2, -0.15) is 13.2 Å². The van der Waals surface area contributed by atoms with E-state index in [1.807, 2.05) is 0 Å².